The van der Waals surface area contributed by atoms with E-state index >= 15 is 0 Å². The number of hydrogen-bond acceptors (Lipinski definition) is 2. The molecule has 3 heteroatoms. The van der Waals surface area contributed by atoms with E-state index in [0.717, 1.165) is 0 Å². The van der Waals surface area contributed by atoms with Gasteiger partial charge in [0, 0.05) is 39.3 Å². The molecule has 1 unspecified atom stereocenters. The molecule has 0 saturated heterocycles. The lowest BCUT2D eigenvalue weighted by molar-refractivity contribution is 0.842. The maximum absolute atomic E-state index is 6.03. The summed E-state index contributed by atoms with van der Waals surface area (Å²) in [4.78, 5) is 6.04. The predicted octanol–water partition coefficient (Wildman–Crippen LogP) is 3.94. The van der Waals surface area contributed by atoms with Crippen LogP contribution >= 0.6 is 11.3 Å². The number of nitrogens with two attached hydrogens (primary N) is 1. The van der Waals surface area contributed by atoms with E-state index in [2.05, 4.69) is 55.4 Å². The standard InChI is InChI=1S/C16H18N2S/c1-10-3-5-15-12(7-10)14(9-18-15)13(8-17)16-6-4-11(2)19-16/h3-7,9,13,18H,8,17H2,1-2H3. The van der Waals surface area contributed by atoms with Gasteiger partial charge in [-0.3, -0.25) is 0 Å². The Balaban J connectivity index is 2.13. The van der Waals surface area contributed by atoms with Gasteiger partial charge < -0.3 is 10.7 Å². The first-order chi connectivity index (χ1) is 9.19. The highest BCUT2D eigenvalue weighted by atomic mass is 32.1. The molecule has 0 aliphatic heterocycles. The number of benzene rings is 1. The quantitative estimate of drug-likeness (QED) is 0.743. The molecule has 19 heavy (non-hydrogen) atoms. The minimum Gasteiger partial charge on any atom is -0.361 e. The van der Waals surface area contributed by atoms with Crippen LogP contribution in [-0.4, -0.2) is 11.5 Å². The molecule has 0 aliphatic rings. The monoisotopic (exact) mass is 270 g/mol. The van der Waals surface area contributed by atoms with Crippen molar-refractivity contribution >= 4 is 22.2 Å². The maximum atomic E-state index is 6.03. The molecule has 2 nitrogen and oxygen atoms in total. The van der Waals surface area contributed by atoms with E-state index in [1.165, 1.54) is 31.8 Å². The maximum Gasteiger partial charge on any atom is 0.0457 e. The van der Waals surface area contributed by atoms with Gasteiger partial charge in [0.15, 0.2) is 0 Å². The van der Waals surface area contributed by atoms with Crippen LogP contribution in [0, 0.1) is 13.8 Å². The van der Waals surface area contributed by atoms with E-state index in [4.69, 9.17) is 5.73 Å². The van der Waals surface area contributed by atoms with Gasteiger partial charge in [-0.05, 0) is 43.7 Å². The number of aromatic nitrogens is 1. The Bertz CT molecular complexity index is 708. The summed E-state index contributed by atoms with van der Waals surface area (Å²) in [6.45, 7) is 4.91. The van der Waals surface area contributed by atoms with Crippen LogP contribution in [0.4, 0.5) is 0 Å². The molecule has 3 N–H and O–H groups in total. The zero-order valence-corrected chi connectivity index (χ0v) is 12.1. The minimum absolute atomic E-state index is 0.286. The third-order valence-electron chi connectivity index (χ3n) is 3.58. The van der Waals surface area contributed by atoms with E-state index in [1.807, 2.05) is 11.3 Å². The molecule has 0 spiro atoms. The van der Waals surface area contributed by atoms with Crippen molar-refractivity contribution in [3.05, 3.63) is 57.4 Å². The van der Waals surface area contributed by atoms with E-state index in [0.29, 0.717) is 6.54 Å². The molecular formula is C16H18N2S. The molecule has 0 fully saturated rings. The third kappa shape index (κ3) is 2.20. The SMILES string of the molecule is Cc1ccc2[nH]cc(C(CN)c3ccc(C)s3)c2c1. The van der Waals surface area contributed by atoms with E-state index < -0.39 is 0 Å². The second kappa shape index (κ2) is 4.83. The molecule has 98 valence electrons. The molecule has 1 atom stereocenters. The van der Waals surface area contributed by atoms with Crippen LogP contribution in [-0.2, 0) is 0 Å². The topological polar surface area (TPSA) is 41.8 Å². The lowest BCUT2D eigenvalue weighted by atomic mass is 9.96. The highest BCUT2D eigenvalue weighted by molar-refractivity contribution is 7.12. The van der Waals surface area contributed by atoms with E-state index in [9.17, 15) is 0 Å². The van der Waals surface area contributed by atoms with Crippen LogP contribution in [0.2, 0.25) is 0 Å². The molecule has 3 aromatic rings. The van der Waals surface area contributed by atoms with E-state index in [-0.39, 0.29) is 5.92 Å². The molecule has 2 aromatic heterocycles. The van der Waals surface area contributed by atoms with Gasteiger partial charge >= 0.3 is 0 Å². The zero-order chi connectivity index (χ0) is 13.4. The van der Waals surface area contributed by atoms with Crippen molar-refractivity contribution < 1.29 is 0 Å². The number of aromatic amines is 1. The molecular weight excluding hydrogens is 252 g/mol. The third-order valence-corrected chi connectivity index (χ3v) is 4.70. The number of aryl methyl sites for hydroxylation is 2. The lowest BCUT2D eigenvalue weighted by Crippen LogP contribution is -2.12. The largest absolute Gasteiger partial charge is 0.361 e. The van der Waals surface area contributed by atoms with Crippen molar-refractivity contribution in [2.75, 3.05) is 6.54 Å². The Labute approximate surface area is 117 Å². The highest BCUT2D eigenvalue weighted by Gasteiger charge is 2.18. The predicted molar refractivity (Wildman–Crippen MR) is 83.0 cm³/mol. The van der Waals surface area contributed by atoms with Crippen molar-refractivity contribution in [1.29, 1.82) is 0 Å². The minimum atomic E-state index is 0.286. The van der Waals surface area contributed by atoms with Crippen molar-refractivity contribution in [1.82, 2.24) is 4.98 Å². The smallest absolute Gasteiger partial charge is 0.0457 e. The summed E-state index contributed by atoms with van der Waals surface area (Å²) >= 11 is 1.84. The second-order valence-corrected chi connectivity index (χ2v) is 6.35. The first-order valence-electron chi connectivity index (χ1n) is 6.53. The van der Waals surface area contributed by atoms with Gasteiger partial charge in [0.05, 0.1) is 0 Å². The van der Waals surface area contributed by atoms with Crippen LogP contribution in [0.15, 0.2) is 36.5 Å². The fourth-order valence-corrected chi connectivity index (χ4v) is 3.59. The molecule has 2 heterocycles. The van der Waals surface area contributed by atoms with Gasteiger partial charge in [-0.2, -0.15) is 0 Å². The molecule has 0 amide bonds. The number of rotatable bonds is 3. The Morgan fingerprint density at radius 3 is 2.74 bits per heavy atom. The number of H-pyrrole nitrogens is 1. The average Bonchev–Trinajstić information content (AvgIpc) is 2.98. The summed E-state index contributed by atoms with van der Waals surface area (Å²) in [6, 6.07) is 10.9. The summed E-state index contributed by atoms with van der Waals surface area (Å²) in [5.74, 6) is 0.286. The first kappa shape index (κ1) is 12.5. The fourth-order valence-electron chi connectivity index (χ4n) is 2.58. The van der Waals surface area contributed by atoms with Gasteiger partial charge in [0.25, 0.3) is 0 Å². The lowest BCUT2D eigenvalue weighted by Gasteiger charge is -2.12. The summed E-state index contributed by atoms with van der Waals surface area (Å²) in [5.41, 5.74) is 9.81. The van der Waals surface area contributed by atoms with Gasteiger partial charge in [0.2, 0.25) is 0 Å². The summed E-state index contributed by atoms with van der Waals surface area (Å²) in [5, 5.41) is 1.29. The van der Waals surface area contributed by atoms with Gasteiger partial charge in [-0.15, -0.1) is 11.3 Å². The van der Waals surface area contributed by atoms with Crippen molar-refractivity contribution in [3.8, 4) is 0 Å². The Morgan fingerprint density at radius 2 is 2.05 bits per heavy atom. The van der Waals surface area contributed by atoms with Crippen LogP contribution in [0.3, 0.4) is 0 Å². The molecule has 1 aromatic carbocycles. The Kier molecular flexibility index (Phi) is 3.17. The van der Waals surface area contributed by atoms with Crippen LogP contribution in [0.5, 0.6) is 0 Å². The summed E-state index contributed by atoms with van der Waals surface area (Å²) in [6.07, 6.45) is 2.11. The number of thiophene rings is 1. The number of nitrogens with one attached hydrogen (secondary N) is 1. The average molecular weight is 270 g/mol. The van der Waals surface area contributed by atoms with E-state index in [1.54, 1.807) is 0 Å². The van der Waals surface area contributed by atoms with Gasteiger partial charge in [-0.25, -0.2) is 0 Å². The molecule has 0 radical (unpaired) electrons. The highest BCUT2D eigenvalue weighted by Crippen LogP contribution is 2.34. The molecule has 0 aliphatic carbocycles. The summed E-state index contributed by atoms with van der Waals surface area (Å²) in [7, 11) is 0. The van der Waals surface area contributed by atoms with Crippen molar-refractivity contribution in [2.24, 2.45) is 5.73 Å². The Morgan fingerprint density at radius 1 is 1.21 bits per heavy atom. The molecule has 0 saturated carbocycles. The normalized spacial score (nSPS) is 13.0. The van der Waals surface area contributed by atoms with Crippen molar-refractivity contribution in [2.45, 2.75) is 19.8 Å². The van der Waals surface area contributed by atoms with Crippen LogP contribution < -0.4 is 5.73 Å². The van der Waals surface area contributed by atoms with Gasteiger partial charge in [0.1, 0.15) is 0 Å². The zero-order valence-electron chi connectivity index (χ0n) is 11.2. The molecule has 3 rings (SSSR count). The molecule has 0 bridgehead atoms. The number of hydrogen-bond donors (Lipinski definition) is 2. The second-order valence-electron chi connectivity index (χ2n) is 5.03. The van der Waals surface area contributed by atoms with Gasteiger partial charge in [-0.1, -0.05) is 11.6 Å². The fraction of sp³-hybridized carbons (Fsp3) is 0.250. The first-order valence-corrected chi connectivity index (χ1v) is 7.34. The Hall–Kier alpha value is -1.58. The summed E-state index contributed by atoms with van der Waals surface area (Å²) < 4.78 is 0. The van der Waals surface area contributed by atoms with Crippen molar-refractivity contribution in [3.63, 3.8) is 0 Å². The van der Waals surface area contributed by atoms with Crippen LogP contribution in [0.25, 0.3) is 10.9 Å². The van der Waals surface area contributed by atoms with Crippen LogP contribution in [0.1, 0.15) is 26.8 Å². The number of fused-ring (bicyclic) bond motifs is 1.